The Bertz CT molecular complexity index is 237. The van der Waals surface area contributed by atoms with Crippen LogP contribution in [-0.4, -0.2) is 13.1 Å². The highest BCUT2D eigenvalue weighted by Gasteiger charge is 2.12. The molecule has 1 atom stereocenters. The van der Waals surface area contributed by atoms with Crippen LogP contribution in [-0.2, 0) is 0 Å². The molecule has 1 heteroatoms. The monoisotopic (exact) mass is 174 g/mol. The largest absolute Gasteiger partial charge is 0.316 e. The first-order chi connectivity index (χ1) is 6.45. The van der Waals surface area contributed by atoms with Gasteiger partial charge < -0.3 is 5.32 Å². The van der Waals surface area contributed by atoms with Gasteiger partial charge in [-0.15, -0.1) is 0 Å². The molecule has 1 saturated heterocycles. The predicted octanol–water partition coefficient (Wildman–Crippen LogP) is 2.24. The number of nitrogens with one attached hydrogen (secondary N) is 1. The van der Waals surface area contributed by atoms with E-state index in [-0.39, 0.29) is 0 Å². The van der Waals surface area contributed by atoms with Crippen molar-refractivity contribution in [3.63, 3.8) is 0 Å². The zero-order chi connectivity index (χ0) is 8.93. The summed E-state index contributed by atoms with van der Waals surface area (Å²) in [6.07, 6.45) is 5.03. The maximum Gasteiger partial charge on any atom is -0.00144 e. The highest BCUT2D eigenvalue weighted by Crippen LogP contribution is 2.17. The van der Waals surface area contributed by atoms with Crippen molar-refractivity contribution in [2.45, 2.75) is 12.8 Å². The summed E-state index contributed by atoms with van der Waals surface area (Å²) in [6.45, 7) is 2.34. The van der Waals surface area contributed by atoms with Gasteiger partial charge in [0, 0.05) is 0 Å². The highest BCUT2D eigenvalue weighted by atomic mass is 14.9. The van der Waals surface area contributed by atoms with Crippen LogP contribution in [0.25, 0.3) is 0 Å². The zero-order valence-corrected chi connectivity index (χ0v) is 7.87. The van der Waals surface area contributed by atoms with E-state index in [1.54, 1.807) is 0 Å². The molecule has 0 saturated carbocycles. The van der Waals surface area contributed by atoms with Gasteiger partial charge in [-0.25, -0.2) is 0 Å². The fourth-order valence-electron chi connectivity index (χ4n) is 1.86. The topological polar surface area (TPSA) is 12.0 Å². The third-order valence-corrected chi connectivity index (χ3v) is 2.56. The summed E-state index contributed by atoms with van der Waals surface area (Å²) >= 11 is 0. The molecule has 0 aromatic heterocycles. The van der Waals surface area contributed by atoms with Gasteiger partial charge in [-0.1, -0.05) is 30.3 Å². The van der Waals surface area contributed by atoms with Crippen molar-refractivity contribution in [1.82, 2.24) is 5.32 Å². The Morgan fingerprint density at radius 1 is 1.23 bits per heavy atom. The maximum atomic E-state index is 3.42. The van der Waals surface area contributed by atoms with Crippen LogP contribution in [0.4, 0.5) is 0 Å². The van der Waals surface area contributed by atoms with Crippen LogP contribution in [0, 0.1) is 12.3 Å². The molecule has 13 heavy (non-hydrogen) atoms. The second-order valence-corrected chi connectivity index (χ2v) is 3.68. The smallest absolute Gasteiger partial charge is 0.00144 e. The van der Waals surface area contributed by atoms with Crippen LogP contribution in [0.1, 0.15) is 18.4 Å². The number of hydrogen-bond donors (Lipinski definition) is 1. The summed E-state index contributed by atoms with van der Waals surface area (Å²) in [4.78, 5) is 0. The Balaban J connectivity index is 1.90. The minimum atomic E-state index is 0.733. The summed E-state index contributed by atoms with van der Waals surface area (Å²) in [7, 11) is 0. The van der Waals surface area contributed by atoms with E-state index >= 15 is 0 Å². The van der Waals surface area contributed by atoms with Crippen LogP contribution in [0.5, 0.6) is 0 Å². The molecule has 0 spiro atoms. The van der Waals surface area contributed by atoms with Crippen molar-refractivity contribution in [1.29, 1.82) is 0 Å². The lowest BCUT2D eigenvalue weighted by atomic mass is 9.92. The van der Waals surface area contributed by atoms with Gasteiger partial charge in [0.2, 0.25) is 0 Å². The van der Waals surface area contributed by atoms with Crippen molar-refractivity contribution < 1.29 is 0 Å². The first-order valence-corrected chi connectivity index (χ1v) is 5.06. The molecule has 0 bridgehead atoms. The molecule has 1 nitrogen and oxygen atoms in total. The van der Waals surface area contributed by atoms with E-state index in [0.29, 0.717) is 0 Å². The number of piperidine rings is 1. The Labute approximate surface area is 80.2 Å². The first-order valence-electron chi connectivity index (χ1n) is 5.06. The normalized spacial score (nSPS) is 22.9. The van der Waals surface area contributed by atoms with Crippen molar-refractivity contribution >= 4 is 0 Å². The fraction of sp³-hybridized carbons (Fsp3) is 0.417. The van der Waals surface area contributed by atoms with E-state index < -0.39 is 0 Å². The van der Waals surface area contributed by atoms with Gasteiger partial charge in [0.1, 0.15) is 0 Å². The standard InChI is InChI=1S/C12H16N/c1-2-5-11(6-3-1)9-12-7-4-8-13-10-12/h1-3,5-6,9,12-13H,4,7-8,10H2. The molecular formula is C12H16N. The Morgan fingerprint density at radius 2 is 2.08 bits per heavy atom. The Kier molecular flexibility index (Phi) is 2.98. The van der Waals surface area contributed by atoms with E-state index in [9.17, 15) is 0 Å². The summed E-state index contributed by atoms with van der Waals surface area (Å²) in [5.41, 5.74) is 1.36. The van der Waals surface area contributed by atoms with E-state index in [1.807, 2.05) is 0 Å². The van der Waals surface area contributed by atoms with Gasteiger partial charge in [0.05, 0.1) is 0 Å². The number of hydrogen-bond acceptors (Lipinski definition) is 1. The molecule has 1 unspecified atom stereocenters. The molecule has 1 aromatic rings. The molecule has 1 aromatic carbocycles. The van der Waals surface area contributed by atoms with Crippen molar-refractivity contribution in [2.24, 2.45) is 5.92 Å². The Morgan fingerprint density at radius 3 is 2.77 bits per heavy atom. The summed E-state index contributed by atoms with van der Waals surface area (Å²) in [6, 6.07) is 10.6. The lowest BCUT2D eigenvalue weighted by Gasteiger charge is -2.22. The molecule has 1 fully saturated rings. The van der Waals surface area contributed by atoms with Gasteiger partial charge in [-0.3, -0.25) is 0 Å². The minimum absolute atomic E-state index is 0.733. The van der Waals surface area contributed by atoms with E-state index in [1.165, 1.54) is 24.9 Å². The maximum absolute atomic E-state index is 3.42. The van der Waals surface area contributed by atoms with Gasteiger partial charge in [-0.05, 0) is 43.8 Å². The van der Waals surface area contributed by atoms with Crippen LogP contribution in [0.15, 0.2) is 30.3 Å². The molecule has 0 amide bonds. The van der Waals surface area contributed by atoms with Crippen molar-refractivity contribution in [3.05, 3.63) is 42.3 Å². The van der Waals surface area contributed by atoms with Gasteiger partial charge >= 0.3 is 0 Å². The van der Waals surface area contributed by atoms with Gasteiger partial charge in [-0.2, -0.15) is 0 Å². The summed E-state index contributed by atoms with van der Waals surface area (Å²) in [5, 5.41) is 3.42. The third kappa shape index (κ3) is 2.56. The highest BCUT2D eigenvalue weighted by molar-refractivity contribution is 5.23. The van der Waals surface area contributed by atoms with Gasteiger partial charge in [0.25, 0.3) is 0 Å². The van der Waals surface area contributed by atoms with Crippen molar-refractivity contribution in [3.8, 4) is 0 Å². The van der Waals surface area contributed by atoms with Crippen molar-refractivity contribution in [2.75, 3.05) is 13.1 Å². The second-order valence-electron chi connectivity index (χ2n) is 3.68. The molecular weight excluding hydrogens is 158 g/mol. The first kappa shape index (κ1) is 8.76. The molecule has 0 aliphatic carbocycles. The van der Waals surface area contributed by atoms with Crippen LogP contribution >= 0.6 is 0 Å². The molecule has 1 radical (unpaired) electrons. The second kappa shape index (κ2) is 4.43. The summed E-state index contributed by atoms with van der Waals surface area (Å²) < 4.78 is 0. The van der Waals surface area contributed by atoms with E-state index in [4.69, 9.17) is 0 Å². The molecule has 1 heterocycles. The van der Waals surface area contributed by atoms with Crippen LogP contribution < -0.4 is 5.32 Å². The lowest BCUT2D eigenvalue weighted by Crippen LogP contribution is -2.30. The quantitative estimate of drug-likeness (QED) is 0.725. The zero-order valence-electron chi connectivity index (χ0n) is 7.87. The average Bonchev–Trinajstić information content (AvgIpc) is 2.21. The molecule has 69 valence electrons. The predicted molar refractivity (Wildman–Crippen MR) is 55.4 cm³/mol. The molecule has 1 aliphatic rings. The fourth-order valence-corrected chi connectivity index (χ4v) is 1.86. The average molecular weight is 174 g/mol. The third-order valence-electron chi connectivity index (χ3n) is 2.56. The van der Waals surface area contributed by atoms with Gasteiger partial charge in [0.15, 0.2) is 0 Å². The molecule has 1 N–H and O–H groups in total. The number of benzene rings is 1. The molecule has 1 aliphatic heterocycles. The van der Waals surface area contributed by atoms with E-state index in [0.717, 1.165) is 12.5 Å². The summed E-state index contributed by atoms with van der Waals surface area (Å²) in [5.74, 6) is 0.733. The minimum Gasteiger partial charge on any atom is -0.316 e. The lowest BCUT2D eigenvalue weighted by molar-refractivity contribution is 0.422. The van der Waals surface area contributed by atoms with E-state index in [2.05, 4.69) is 42.1 Å². The van der Waals surface area contributed by atoms with Crippen LogP contribution in [0.3, 0.4) is 0 Å². The van der Waals surface area contributed by atoms with Crippen LogP contribution in [0.2, 0.25) is 0 Å². The SMILES string of the molecule is [CH](c1ccccc1)C1CCCNC1. The number of rotatable bonds is 2. The Hall–Kier alpha value is -0.820. The molecule has 2 rings (SSSR count).